The Morgan fingerprint density at radius 2 is 1.95 bits per heavy atom. The van der Waals surface area contributed by atoms with E-state index in [1.807, 2.05) is 6.92 Å². The van der Waals surface area contributed by atoms with Crippen LogP contribution < -0.4 is 14.8 Å². The highest BCUT2D eigenvalue weighted by Crippen LogP contribution is 2.45. The predicted molar refractivity (Wildman–Crippen MR) is 70.2 cm³/mol. The lowest BCUT2D eigenvalue weighted by Crippen LogP contribution is -2.45. The molecule has 0 spiro atoms. The van der Waals surface area contributed by atoms with Crippen molar-refractivity contribution in [1.29, 1.82) is 5.26 Å². The molecule has 1 aliphatic carbocycles. The normalized spacial score (nSPS) is 24.2. The van der Waals surface area contributed by atoms with Gasteiger partial charge >= 0.3 is 0 Å². The molecule has 1 heterocycles. The van der Waals surface area contributed by atoms with E-state index in [9.17, 15) is 10.1 Å². The zero-order valence-electron chi connectivity index (χ0n) is 11.6. The Balaban J connectivity index is 2.18. The molecule has 0 aliphatic heterocycles. The van der Waals surface area contributed by atoms with Crippen LogP contribution in [-0.4, -0.2) is 30.1 Å². The molecule has 1 aromatic heterocycles. The molecule has 1 fully saturated rings. The lowest BCUT2D eigenvalue weighted by atomic mass is 9.63. The van der Waals surface area contributed by atoms with E-state index in [1.54, 1.807) is 0 Å². The van der Waals surface area contributed by atoms with Crippen molar-refractivity contribution in [3.05, 3.63) is 6.07 Å². The van der Waals surface area contributed by atoms with Crippen LogP contribution in [0.4, 0.5) is 5.95 Å². The van der Waals surface area contributed by atoms with E-state index in [-0.39, 0.29) is 23.6 Å². The number of amides is 1. The minimum Gasteiger partial charge on any atom is -0.481 e. The Hall–Kier alpha value is -2.36. The number of nitrogens with one attached hydrogen (secondary N) is 1. The van der Waals surface area contributed by atoms with E-state index in [4.69, 9.17) is 9.47 Å². The van der Waals surface area contributed by atoms with Gasteiger partial charge < -0.3 is 9.47 Å². The number of nitriles is 1. The molecule has 0 atom stereocenters. The molecule has 0 radical (unpaired) electrons. The molecule has 1 aromatic rings. The third-order valence-corrected chi connectivity index (χ3v) is 3.37. The highest BCUT2D eigenvalue weighted by Gasteiger charge is 2.49. The van der Waals surface area contributed by atoms with Gasteiger partial charge in [0, 0.05) is 0 Å². The van der Waals surface area contributed by atoms with Crippen LogP contribution >= 0.6 is 0 Å². The number of carbonyl (C=O) groups is 1. The molecule has 0 aromatic carbocycles. The molecule has 2 rings (SSSR count). The van der Waals surface area contributed by atoms with Gasteiger partial charge in [0.05, 0.1) is 26.4 Å². The fourth-order valence-electron chi connectivity index (χ4n) is 2.35. The molecular formula is C13H16N4O3. The third kappa shape index (κ3) is 2.50. The summed E-state index contributed by atoms with van der Waals surface area (Å²) in [5.74, 6) is 0.621. The second kappa shape index (κ2) is 5.33. The molecule has 1 aliphatic rings. The van der Waals surface area contributed by atoms with Gasteiger partial charge in [-0.05, 0) is 18.8 Å². The smallest absolute Gasteiger partial charge is 0.247 e. The summed E-state index contributed by atoms with van der Waals surface area (Å²) in [6.45, 7) is 2.01. The first kappa shape index (κ1) is 14.1. The summed E-state index contributed by atoms with van der Waals surface area (Å²) in [5, 5.41) is 11.8. The van der Waals surface area contributed by atoms with Crippen LogP contribution in [0.1, 0.15) is 19.8 Å². The summed E-state index contributed by atoms with van der Waals surface area (Å²) in [7, 11) is 2.91. The second-order valence-corrected chi connectivity index (χ2v) is 4.94. The molecule has 106 valence electrons. The van der Waals surface area contributed by atoms with Gasteiger partial charge in [-0.15, -0.1) is 0 Å². The number of carbonyl (C=O) groups excluding carboxylic acids is 1. The number of ether oxygens (including phenoxy) is 2. The van der Waals surface area contributed by atoms with Crippen LogP contribution in [0.2, 0.25) is 0 Å². The maximum atomic E-state index is 12.2. The zero-order chi connectivity index (χ0) is 14.8. The van der Waals surface area contributed by atoms with Gasteiger partial charge in [0.1, 0.15) is 5.41 Å². The molecule has 0 bridgehead atoms. The van der Waals surface area contributed by atoms with Crippen molar-refractivity contribution in [2.75, 3.05) is 19.5 Å². The Morgan fingerprint density at radius 3 is 2.35 bits per heavy atom. The molecule has 1 amide bonds. The summed E-state index contributed by atoms with van der Waals surface area (Å²) < 4.78 is 10.0. The van der Waals surface area contributed by atoms with Crippen LogP contribution in [0.15, 0.2) is 6.07 Å². The van der Waals surface area contributed by atoms with Gasteiger partial charge in [0.2, 0.25) is 23.6 Å². The van der Waals surface area contributed by atoms with Crippen LogP contribution in [0.3, 0.4) is 0 Å². The van der Waals surface area contributed by atoms with E-state index in [2.05, 4.69) is 21.4 Å². The summed E-state index contributed by atoms with van der Waals surface area (Å²) in [5.41, 5.74) is -0.973. The van der Waals surface area contributed by atoms with E-state index >= 15 is 0 Å². The van der Waals surface area contributed by atoms with Crippen molar-refractivity contribution in [2.24, 2.45) is 11.3 Å². The molecule has 1 N–H and O–H groups in total. The topological polar surface area (TPSA) is 97.1 Å². The van der Waals surface area contributed by atoms with Crippen molar-refractivity contribution < 1.29 is 14.3 Å². The summed E-state index contributed by atoms with van der Waals surface area (Å²) >= 11 is 0. The first-order valence-corrected chi connectivity index (χ1v) is 6.23. The predicted octanol–water partition coefficient (Wildman–Crippen LogP) is 1.37. The monoisotopic (exact) mass is 276 g/mol. The van der Waals surface area contributed by atoms with Crippen LogP contribution in [0.5, 0.6) is 11.8 Å². The van der Waals surface area contributed by atoms with Crippen LogP contribution in [-0.2, 0) is 4.79 Å². The van der Waals surface area contributed by atoms with Gasteiger partial charge in [-0.25, -0.2) is 0 Å². The van der Waals surface area contributed by atoms with E-state index in [1.165, 1.54) is 20.3 Å². The van der Waals surface area contributed by atoms with Crippen molar-refractivity contribution in [1.82, 2.24) is 9.97 Å². The standard InChI is InChI=1S/C13H16N4O3/c1-8-5-13(6-8,7-14)11(18)17-12-15-9(19-2)4-10(16-12)20-3/h4,8H,5-6H2,1-3H3,(H,15,16,17,18). The fourth-order valence-corrected chi connectivity index (χ4v) is 2.35. The van der Waals surface area contributed by atoms with Gasteiger partial charge in [-0.2, -0.15) is 15.2 Å². The number of aromatic nitrogens is 2. The Labute approximate surface area is 116 Å². The lowest BCUT2D eigenvalue weighted by molar-refractivity contribution is -0.128. The summed E-state index contributed by atoms with van der Waals surface area (Å²) in [4.78, 5) is 20.2. The zero-order valence-corrected chi connectivity index (χ0v) is 11.6. The molecule has 0 unspecified atom stereocenters. The van der Waals surface area contributed by atoms with E-state index in [0.717, 1.165) is 0 Å². The minimum absolute atomic E-state index is 0.0698. The van der Waals surface area contributed by atoms with Gasteiger partial charge in [-0.1, -0.05) is 6.92 Å². The van der Waals surface area contributed by atoms with E-state index in [0.29, 0.717) is 18.8 Å². The summed E-state index contributed by atoms with van der Waals surface area (Å²) in [6, 6.07) is 3.59. The largest absolute Gasteiger partial charge is 0.481 e. The summed E-state index contributed by atoms with van der Waals surface area (Å²) in [6.07, 6.45) is 1.10. The van der Waals surface area contributed by atoms with Crippen LogP contribution in [0, 0.1) is 22.7 Å². The highest BCUT2D eigenvalue weighted by atomic mass is 16.5. The highest BCUT2D eigenvalue weighted by molar-refractivity contribution is 5.96. The Kier molecular flexibility index (Phi) is 3.74. The maximum Gasteiger partial charge on any atom is 0.247 e. The average molecular weight is 276 g/mol. The maximum absolute atomic E-state index is 12.2. The SMILES string of the molecule is COc1cc(OC)nc(NC(=O)C2(C#N)CC(C)C2)n1. The Morgan fingerprint density at radius 1 is 1.40 bits per heavy atom. The molecule has 7 nitrogen and oxygen atoms in total. The number of methoxy groups -OCH3 is 2. The number of rotatable bonds is 4. The lowest BCUT2D eigenvalue weighted by Gasteiger charge is -2.38. The molecule has 0 saturated heterocycles. The fraction of sp³-hybridized carbons (Fsp3) is 0.538. The van der Waals surface area contributed by atoms with E-state index < -0.39 is 5.41 Å². The minimum atomic E-state index is -0.973. The second-order valence-electron chi connectivity index (χ2n) is 4.94. The molecular weight excluding hydrogens is 260 g/mol. The number of hydrogen-bond acceptors (Lipinski definition) is 6. The number of anilines is 1. The molecule has 20 heavy (non-hydrogen) atoms. The Bertz CT molecular complexity index is 539. The molecule has 1 saturated carbocycles. The van der Waals surface area contributed by atoms with Crippen molar-refractivity contribution >= 4 is 11.9 Å². The van der Waals surface area contributed by atoms with Crippen molar-refractivity contribution in [3.8, 4) is 17.8 Å². The molecule has 7 heteroatoms. The van der Waals surface area contributed by atoms with Gasteiger partial charge in [0.15, 0.2) is 0 Å². The quantitative estimate of drug-likeness (QED) is 0.892. The average Bonchev–Trinajstić information content (AvgIpc) is 2.42. The van der Waals surface area contributed by atoms with Crippen molar-refractivity contribution in [3.63, 3.8) is 0 Å². The van der Waals surface area contributed by atoms with Crippen LogP contribution in [0.25, 0.3) is 0 Å². The first-order valence-electron chi connectivity index (χ1n) is 6.23. The first-order chi connectivity index (χ1) is 9.52. The number of hydrogen-bond donors (Lipinski definition) is 1. The third-order valence-electron chi connectivity index (χ3n) is 3.37. The van der Waals surface area contributed by atoms with Crippen molar-refractivity contribution in [2.45, 2.75) is 19.8 Å². The number of nitrogens with zero attached hydrogens (tertiary/aromatic N) is 3. The van der Waals surface area contributed by atoms with Gasteiger partial charge in [0.25, 0.3) is 0 Å². The van der Waals surface area contributed by atoms with Gasteiger partial charge in [-0.3, -0.25) is 10.1 Å².